The van der Waals surface area contributed by atoms with Gasteiger partial charge < -0.3 is 14.5 Å². The molecule has 3 heteroatoms. The van der Waals surface area contributed by atoms with Gasteiger partial charge in [-0.25, -0.2) is 0 Å². The lowest BCUT2D eigenvalue weighted by atomic mass is 10.1. The molecule has 86 valence electrons. The van der Waals surface area contributed by atoms with Crippen LogP contribution in [0.5, 0.6) is 0 Å². The maximum Gasteiger partial charge on any atom is 0.105 e. The van der Waals surface area contributed by atoms with Crippen LogP contribution in [0.3, 0.4) is 0 Å². The van der Waals surface area contributed by atoms with E-state index in [1.165, 1.54) is 0 Å². The molecule has 1 N–H and O–H groups in total. The van der Waals surface area contributed by atoms with Crippen molar-refractivity contribution in [2.75, 3.05) is 13.7 Å². The summed E-state index contributed by atoms with van der Waals surface area (Å²) in [5.41, 5.74) is 0. The average molecular weight is 211 g/mol. The van der Waals surface area contributed by atoms with Crippen LogP contribution < -0.4 is 5.32 Å². The smallest absolute Gasteiger partial charge is 0.105 e. The van der Waals surface area contributed by atoms with E-state index in [1.54, 1.807) is 13.4 Å². The summed E-state index contributed by atoms with van der Waals surface area (Å²) in [5.74, 6) is 1.03. The van der Waals surface area contributed by atoms with E-state index in [1.807, 2.05) is 12.1 Å². The number of methoxy groups -OCH3 is 1. The Morgan fingerprint density at radius 2 is 2.33 bits per heavy atom. The van der Waals surface area contributed by atoms with Gasteiger partial charge >= 0.3 is 0 Å². The van der Waals surface area contributed by atoms with E-state index < -0.39 is 0 Å². The van der Waals surface area contributed by atoms with E-state index in [9.17, 15) is 0 Å². The molecule has 1 rings (SSSR count). The molecule has 0 amide bonds. The Bertz CT molecular complexity index is 246. The molecule has 3 nitrogen and oxygen atoms in total. The van der Waals surface area contributed by atoms with Crippen molar-refractivity contribution < 1.29 is 9.15 Å². The molecular formula is C12H21NO2. The van der Waals surface area contributed by atoms with Crippen LogP contribution in [0.4, 0.5) is 0 Å². The minimum Gasteiger partial charge on any atom is -0.469 e. The Hall–Kier alpha value is -0.800. The van der Waals surface area contributed by atoms with Gasteiger partial charge in [0, 0.05) is 25.6 Å². The van der Waals surface area contributed by atoms with Crippen molar-refractivity contribution >= 4 is 0 Å². The number of hydrogen-bond donors (Lipinski definition) is 1. The van der Waals surface area contributed by atoms with Crippen molar-refractivity contribution in [2.24, 2.45) is 0 Å². The SMILES string of the molecule is CCC(COC)NC(C)Cc1ccco1. The summed E-state index contributed by atoms with van der Waals surface area (Å²) in [6, 6.07) is 4.78. The number of ether oxygens (including phenoxy) is 1. The van der Waals surface area contributed by atoms with Crippen LogP contribution in [-0.4, -0.2) is 25.8 Å². The Labute approximate surface area is 91.8 Å². The van der Waals surface area contributed by atoms with Crippen LogP contribution in [0, 0.1) is 0 Å². The van der Waals surface area contributed by atoms with Gasteiger partial charge in [-0.3, -0.25) is 0 Å². The molecule has 0 bridgehead atoms. The topological polar surface area (TPSA) is 34.4 Å². The lowest BCUT2D eigenvalue weighted by Crippen LogP contribution is -2.40. The molecule has 0 aliphatic heterocycles. The third-order valence-electron chi connectivity index (χ3n) is 2.47. The standard InChI is InChI=1S/C12H21NO2/c1-4-11(9-14-3)13-10(2)8-12-6-5-7-15-12/h5-7,10-11,13H,4,8-9H2,1-3H3. The minimum absolute atomic E-state index is 0.413. The fourth-order valence-electron chi connectivity index (χ4n) is 1.68. The zero-order valence-electron chi connectivity index (χ0n) is 9.82. The molecule has 0 aliphatic carbocycles. The molecule has 0 fully saturated rings. The Balaban J connectivity index is 2.30. The number of hydrogen-bond acceptors (Lipinski definition) is 3. The maximum atomic E-state index is 5.31. The molecule has 2 unspecified atom stereocenters. The van der Waals surface area contributed by atoms with Gasteiger partial charge in [-0.2, -0.15) is 0 Å². The first-order chi connectivity index (χ1) is 7.26. The predicted octanol–water partition coefficient (Wildman–Crippen LogP) is 2.23. The van der Waals surface area contributed by atoms with Crippen LogP contribution in [0.25, 0.3) is 0 Å². The molecule has 0 radical (unpaired) electrons. The lowest BCUT2D eigenvalue weighted by Gasteiger charge is -2.20. The first-order valence-corrected chi connectivity index (χ1v) is 5.53. The lowest BCUT2D eigenvalue weighted by molar-refractivity contribution is 0.159. The molecular weight excluding hydrogens is 190 g/mol. The first kappa shape index (κ1) is 12.3. The summed E-state index contributed by atoms with van der Waals surface area (Å²) in [4.78, 5) is 0. The van der Waals surface area contributed by atoms with Crippen LogP contribution in [0.1, 0.15) is 26.0 Å². The highest BCUT2D eigenvalue weighted by atomic mass is 16.5. The fraction of sp³-hybridized carbons (Fsp3) is 0.667. The van der Waals surface area contributed by atoms with Gasteiger partial charge in [0.05, 0.1) is 12.9 Å². The fourth-order valence-corrected chi connectivity index (χ4v) is 1.68. The van der Waals surface area contributed by atoms with Gasteiger partial charge in [-0.15, -0.1) is 0 Å². The summed E-state index contributed by atoms with van der Waals surface area (Å²) in [5, 5.41) is 3.52. The summed E-state index contributed by atoms with van der Waals surface area (Å²) >= 11 is 0. The van der Waals surface area contributed by atoms with Gasteiger partial charge in [0.2, 0.25) is 0 Å². The van der Waals surface area contributed by atoms with Crippen molar-refractivity contribution in [1.82, 2.24) is 5.32 Å². The highest BCUT2D eigenvalue weighted by Crippen LogP contribution is 2.05. The van der Waals surface area contributed by atoms with E-state index in [0.29, 0.717) is 12.1 Å². The molecule has 0 saturated carbocycles. The largest absolute Gasteiger partial charge is 0.469 e. The Morgan fingerprint density at radius 1 is 1.53 bits per heavy atom. The molecule has 2 atom stereocenters. The van der Waals surface area contributed by atoms with Crippen LogP contribution in [0.2, 0.25) is 0 Å². The summed E-state index contributed by atoms with van der Waals surface area (Å²) < 4.78 is 10.5. The number of furan rings is 1. The van der Waals surface area contributed by atoms with Crippen molar-refractivity contribution in [1.29, 1.82) is 0 Å². The summed E-state index contributed by atoms with van der Waals surface area (Å²) in [6.07, 6.45) is 3.72. The monoisotopic (exact) mass is 211 g/mol. The van der Waals surface area contributed by atoms with Crippen molar-refractivity contribution in [3.63, 3.8) is 0 Å². The molecule has 0 saturated heterocycles. The van der Waals surface area contributed by atoms with Gasteiger partial charge in [0.1, 0.15) is 5.76 Å². The third kappa shape index (κ3) is 4.49. The molecule has 1 aromatic rings. The third-order valence-corrected chi connectivity index (χ3v) is 2.47. The zero-order valence-corrected chi connectivity index (χ0v) is 9.82. The first-order valence-electron chi connectivity index (χ1n) is 5.53. The number of nitrogens with one attached hydrogen (secondary N) is 1. The van der Waals surface area contributed by atoms with E-state index in [4.69, 9.17) is 9.15 Å². The van der Waals surface area contributed by atoms with Gasteiger partial charge in [-0.05, 0) is 25.5 Å². The molecule has 1 aromatic heterocycles. The average Bonchev–Trinajstić information content (AvgIpc) is 2.69. The summed E-state index contributed by atoms with van der Waals surface area (Å²) in [7, 11) is 1.74. The summed E-state index contributed by atoms with van der Waals surface area (Å²) in [6.45, 7) is 5.09. The van der Waals surface area contributed by atoms with Crippen LogP contribution in [-0.2, 0) is 11.2 Å². The molecule has 0 aliphatic rings. The van der Waals surface area contributed by atoms with Gasteiger partial charge in [0.15, 0.2) is 0 Å². The molecule has 0 spiro atoms. The maximum absolute atomic E-state index is 5.31. The quantitative estimate of drug-likeness (QED) is 0.751. The number of rotatable bonds is 7. The second kappa shape index (κ2) is 6.64. The Kier molecular flexibility index (Phi) is 5.43. The second-order valence-electron chi connectivity index (χ2n) is 3.91. The Morgan fingerprint density at radius 3 is 2.87 bits per heavy atom. The van der Waals surface area contributed by atoms with Crippen molar-refractivity contribution in [3.05, 3.63) is 24.2 Å². The van der Waals surface area contributed by atoms with E-state index in [2.05, 4.69) is 19.2 Å². The van der Waals surface area contributed by atoms with Gasteiger partial charge in [0.25, 0.3) is 0 Å². The van der Waals surface area contributed by atoms with E-state index in [-0.39, 0.29) is 0 Å². The van der Waals surface area contributed by atoms with Crippen LogP contribution >= 0.6 is 0 Å². The predicted molar refractivity (Wildman–Crippen MR) is 61.0 cm³/mol. The van der Waals surface area contributed by atoms with Crippen molar-refractivity contribution in [2.45, 2.75) is 38.8 Å². The van der Waals surface area contributed by atoms with Gasteiger partial charge in [-0.1, -0.05) is 6.92 Å². The zero-order chi connectivity index (χ0) is 11.1. The minimum atomic E-state index is 0.413. The highest BCUT2D eigenvalue weighted by Gasteiger charge is 2.11. The van der Waals surface area contributed by atoms with E-state index >= 15 is 0 Å². The van der Waals surface area contributed by atoms with Crippen LogP contribution in [0.15, 0.2) is 22.8 Å². The second-order valence-corrected chi connectivity index (χ2v) is 3.91. The molecule has 15 heavy (non-hydrogen) atoms. The molecule has 1 heterocycles. The van der Waals surface area contributed by atoms with E-state index in [0.717, 1.165) is 25.2 Å². The molecule has 0 aromatic carbocycles. The normalized spacial score (nSPS) is 15.1. The highest BCUT2D eigenvalue weighted by molar-refractivity contribution is 5.00. The van der Waals surface area contributed by atoms with Crippen molar-refractivity contribution in [3.8, 4) is 0 Å².